The Morgan fingerprint density at radius 3 is 2.55 bits per heavy atom. The van der Waals surface area contributed by atoms with Gasteiger partial charge < -0.3 is 15.1 Å². The summed E-state index contributed by atoms with van der Waals surface area (Å²) in [4.78, 5) is 27.8. The van der Waals surface area contributed by atoms with Crippen LogP contribution in [0, 0.1) is 10.1 Å². The first-order valence-electron chi connectivity index (χ1n) is 9.04. The Kier molecular flexibility index (Phi) is 5.39. The average molecular weight is 412 g/mol. The summed E-state index contributed by atoms with van der Waals surface area (Å²) in [7, 11) is 0. The molecule has 0 amide bonds. The molecular weight excluding hydrogens is 394 g/mol. The lowest BCUT2D eigenvalue weighted by atomic mass is 10.2. The highest BCUT2D eigenvalue weighted by Crippen LogP contribution is 2.34. The summed E-state index contributed by atoms with van der Waals surface area (Å²) in [6, 6.07) is 11.2. The maximum atomic E-state index is 11.8. The van der Waals surface area contributed by atoms with Gasteiger partial charge in [0.25, 0.3) is 0 Å². The first kappa shape index (κ1) is 18.9. The molecule has 0 spiro atoms. The van der Waals surface area contributed by atoms with Crippen LogP contribution in [0.4, 0.5) is 28.7 Å². The number of nitrogens with one attached hydrogen (secondary N) is 1. The lowest BCUT2D eigenvalue weighted by Crippen LogP contribution is -2.47. The largest absolute Gasteiger partial charge is 0.368 e. The number of hydrogen-bond acceptors (Lipinski definition) is 8. The quantitative estimate of drug-likeness (QED) is 0.503. The van der Waals surface area contributed by atoms with E-state index in [1.807, 2.05) is 29.2 Å². The fraction of sp³-hybridized carbons (Fsp3) is 0.211. The first-order chi connectivity index (χ1) is 14.1. The van der Waals surface area contributed by atoms with E-state index in [1.165, 1.54) is 6.33 Å². The topological polar surface area (TPSA) is 100 Å². The highest BCUT2D eigenvalue weighted by Gasteiger charge is 2.29. The maximum Gasteiger partial charge on any atom is 0.353 e. The van der Waals surface area contributed by atoms with Gasteiger partial charge >= 0.3 is 5.69 Å². The molecule has 1 aliphatic heterocycles. The van der Waals surface area contributed by atoms with Crippen LogP contribution in [0.5, 0.6) is 0 Å². The highest BCUT2D eigenvalue weighted by molar-refractivity contribution is 6.30. The second-order valence-electron chi connectivity index (χ2n) is 6.47. The molecule has 148 valence electrons. The maximum absolute atomic E-state index is 11.8. The predicted octanol–water partition coefficient (Wildman–Crippen LogP) is 3.50. The molecule has 0 radical (unpaired) electrons. The van der Waals surface area contributed by atoms with Crippen LogP contribution in [0.3, 0.4) is 0 Å². The Balaban J connectivity index is 1.56. The normalized spacial score (nSPS) is 14.0. The van der Waals surface area contributed by atoms with Crippen molar-refractivity contribution in [3.8, 4) is 0 Å². The molecule has 0 saturated carbocycles. The van der Waals surface area contributed by atoms with Gasteiger partial charge in [0.15, 0.2) is 0 Å². The van der Waals surface area contributed by atoms with Crippen LogP contribution in [-0.2, 0) is 0 Å². The zero-order valence-corrected chi connectivity index (χ0v) is 16.2. The van der Waals surface area contributed by atoms with Gasteiger partial charge in [-0.25, -0.2) is 9.97 Å². The van der Waals surface area contributed by atoms with E-state index in [1.54, 1.807) is 24.5 Å². The van der Waals surface area contributed by atoms with E-state index in [2.05, 4.69) is 25.2 Å². The third-order valence-corrected chi connectivity index (χ3v) is 4.90. The van der Waals surface area contributed by atoms with Crippen LogP contribution in [0.2, 0.25) is 5.02 Å². The molecule has 1 aromatic carbocycles. The van der Waals surface area contributed by atoms with E-state index >= 15 is 0 Å². The van der Waals surface area contributed by atoms with E-state index in [9.17, 15) is 10.1 Å². The third-order valence-electron chi connectivity index (χ3n) is 4.66. The number of piperazine rings is 1. The summed E-state index contributed by atoms with van der Waals surface area (Å²) in [5.41, 5.74) is 1.51. The zero-order chi connectivity index (χ0) is 20.2. The molecule has 1 fully saturated rings. The molecular formula is C19H18ClN7O2. The number of halogens is 1. The molecule has 0 unspecified atom stereocenters. The van der Waals surface area contributed by atoms with Crippen molar-refractivity contribution in [1.82, 2.24) is 15.0 Å². The van der Waals surface area contributed by atoms with Crippen LogP contribution >= 0.6 is 11.6 Å². The van der Waals surface area contributed by atoms with Gasteiger partial charge in [0.2, 0.25) is 11.6 Å². The molecule has 0 bridgehead atoms. The smallest absolute Gasteiger partial charge is 0.353 e. The monoisotopic (exact) mass is 411 g/mol. The van der Waals surface area contributed by atoms with E-state index in [4.69, 9.17) is 11.6 Å². The number of pyridine rings is 1. The van der Waals surface area contributed by atoms with Gasteiger partial charge in [-0.2, -0.15) is 0 Å². The molecule has 4 rings (SSSR count). The van der Waals surface area contributed by atoms with Gasteiger partial charge in [-0.1, -0.05) is 17.7 Å². The fourth-order valence-corrected chi connectivity index (χ4v) is 3.47. The molecule has 1 aliphatic rings. The second-order valence-corrected chi connectivity index (χ2v) is 6.91. The van der Waals surface area contributed by atoms with Gasteiger partial charge in [0.1, 0.15) is 6.33 Å². The van der Waals surface area contributed by atoms with Gasteiger partial charge in [-0.3, -0.25) is 15.1 Å². The molecule has 2 aromatic heterocycles. The number of benzene rings is 1. The number of nitrogens with zero attached hydrogens (tertiary/aromatic N) is 6. The fourth-order valence-electron chi connectivity index (χ4n) is 3.28. The van der Waals surface area contributed by atoms with Crippen molar-refractivity contribution in [2.45, 2.75) is 0 Å². The Morgan fingerprint density at radius 2 is 1.86 bits per heavy atom. The van der Waals surface area contributed by atoms with Crippen molar-refractivity contribution < 1.29 is 4.92 Å². The standard InChI is InChI=1S/C19H18ClN7O2/c20-14-3-1-5-16(11-14)25-7-9-26(10-8-25)19-17(27(28)29)18(22-13-23-19)24-15-4-2-6-21-12-15/h1-6,11-13H,7-10H2,(H,22,23,24). The van der Waals surface area contributed by atoms with Crippen LogP contribution in [0.15, 0.2) is 55.1 Å². The van der Waals surface area contributed by atoms with Crippen molar-refractivity contribution >= 4 is 40.3 Å². The summed E-state index contributed by atoms with van der Waals surface area (Å²) in [5, 5.41) is 15.5. The zero-order valence-electron chi connectivity index (χ0n) is 15.4. The molecule has 3 aromatic rings. The lowest BCUT2D eigenvalue weighted by Gasteiger charge is -2.36. The molecule has 9 nitrogen and oxygen atoms in total. The number of anilines is 4. The van der Waals surface area contributed by atoms with Gasteiger partial charge in [0, 0.05) is 43.1 Å². The first-order valence-corrected chi connectivity index (χ1v) is 9.41. The van der Waals surface area contributed by atoms with Crippen LogP contribution in [0.1, 0.15) is 0 Å². The van der Waals surface area contributed by atoms with Crippen molar-refractivity contribution in [2.24, 2.45) is 0 Å². The van der Waals surface area contributed by atoms with Gasteiger partial charge in [-0.15, -0.1) is 0 Å². The summed E-state index contributed by atoms with van der Waals surface area (Å²) >= 11 is 6.09. The summed E-state index contributed by atoms with van der Waals surface area (Å²) in [6.45, 7) is 2.59. The predicted molar refractivity (Wildman–Crippen MR) is 112 cm³/mol. The molecule has 3 heterocycles. The SMILES string of the molecule is O=[N+]([O-])c1c(Nc2cccnc2)ncnc1N1CCN(c2cccc(Cl)c2)CC1. The average Bonchev–Trinajstić information content (AvgIpc) is 2.74. The van der Waals surface area contributed by atoms with Crippen LogP contribution in [-0.4, -0.2) is 46.1 Å². The van der Waals surface area contributed by atoms with Crippen molar-refractivity contribution in [3.05, 3.63) is 70.3 Å². The van der Waals surface area contributed by atoms with Crippen LogP contribution in [0.25, 0.3) is 0 Å². The van der Waals surface area contributed by atoms with Gasteiger partial charge in [-0.05, 0) is 30.3 Å². The number of hydrogen-bond donors (Lipinski definition) is 1. The number of nitro groups is 1. The van der Waals surface area contributed by atoms with E-state index in [-0.39, 0.29) is 11.5 Å². The lowest BCUT2D eigenvalue weighted by molar-refractivity contribution is -0.383. The number of aromatic nitrogens is 3. The van der Waals surface area contributed by atoms with Gasteiger partial charge in [0.05, 0.1) is 16.8 Å². The summed E-state index contributed by atoms with van der Waals surface area (Å²) in [6.07, 6.45) is 4.55. The molecule has 0 aliphatic carbocycles. The summed E-state index contributed by atoms with van der Waals surface area (Å²) in [5.74, 6) is 0.451. The van der Waals surface area contributed by atoms with Crippen molar-refractivity contribution in [3.63, 3.8) is 0 Å². The Labute approximate surface area is 172 Å². The molecule has 1 N–H and O–H groups in total. The molecule has 10 heteroatoms. The van der Waals surface area contributed by atoms with Crippen LogP contribution < -0.4 is 15.1 Å². The minimum absolute atomic E-state index is 0.144. The number of rotatable bonds is 5. The Bertz CT molecular complexity index is 1010. The Hall–Kier alpha value is -3.46. The summed E-state index contributed by atoms with van der Waals surface area (Å²) < 4.78 is 0. The second kappa shape index (κ2) is 8.27. The van der Waals surface area contributed by atoms with E-state index < -0.39 is 4.92 Å². The molecule has 0 atom stereocenters. The highest BCUT2D eigenvalue weighted by atomic mass is 35.5. The minimum atomic E-state index is -0.447. The van der Waals surface area contributed by atoms with E-state index in [0.29, 0.717) is 42.7 Å². The molecule has 1 saturated heterocycles. The van der Waals surface area contributed by atoms with Crippen molar-refractivity contribution in [2.75, 3.05) is 41.3 Å². The third kappa shape index (κ3) is 4.19. The Morgan fingerprint density at radius 1 is 1.07 bits per heavy atom. The minimum Gasteiger partial charge on any atom is -0.368 e. The molecule has 29 heavy (non-hydrogen) atoms. The van der Waals surface area contributed by atoms with Crippen molar-refractivity contribution in [1.29, 1.82) is 0 Å². The van der Waals surface area contributed by atoms with E-state index in [0.717, 1.165) is 5.69 Å².